The van der Waals surface area contributed by atoms with Crippen LogP contribution >= 0.6 is 0 Å². The van der Waals surface area contributed by atoms with Crippen molar-refractivity contribution in [2.45, 2.75) is 24.4 Å². The number of ether oxygens (including phenoxy) is 1. The highest BCUT2D eigenvalue weighted by molar-refractivity contribution is 5.95. The maximum Gasteiger partial charge on any atom is 0.435 e. The molecule has 3 rings (SSSR count). The van der Waals surface area contributed by atoms with Crippen LogP contribution in [0.2, 0.25) is 0 Å². The first-order chi connectivity index (χ1) is 12.7. The summed E-state index contributed by atoms with van der Waals surface area (Å²) in [5.74, 6) is -1.22. The van der Waals surface area contributed by atoms with Gasteiger partial charge in [0.05, 0.1) is 5.56 Å². The van der Waals surface area contributed by atoms with Crippen LogP contribution in [-0.4, -0.2) is 35.4 Å². The summed E-state index contributed by atoms with van der Waals surface area (Å²) in [5, 5.41) is 5.96. The van der Waals surface area contributed by atoms with Gasteiger partial charge >= 0.3 is 6.18 Å². The maximum absolute atomic E-state index is 13.3. The van der Waals surface area contributed by atoms with Crippen LogP contribution in [0.25, 0.3) is 0 Å². The molecule has 5 nitrogen and oxygen atoms in total. The number of halogens is 4. The van der Waals surface area contributed by atoms with Crippen LogP contribution in [0.15, 0.2) is 30.5 Å². The first-order valence-electron chi connectivity index (χ1n) is 8.44. The van der Waals surface area contributed by atoms with E-state index in [1.807, 2.05) is 0 Å². The lowest BCUT2D eigenvalue weighted by Crippen LogP contribution is -2.44. The Labute approximate surface area is 153 Å². The number of amides is 1. The molecule has 1 aliphatic heterocycles. The Hall–Kier alpha value is -2.42. The first-order valence-corrected chi connectivity index (χ1v) is 8.44. The molecule has 1 N–H and O–H groups in total. The Bertz CT molecular complexity index is 809. The van der Waals surface area contributed by atoms with Crippen LogP contribution in [0.5, 0.6) is 0 Å². The van der Waals surface area contributed by atoms with Crippen molar-refractivity contribution in [1.29, 1.82) is 0 Å². The van der Waals surface area contributed by atoms with E-state index < -0.39 is 28.8 Å². The van der Waals surface area contributed by atoms with E-state index in [0.29, 0.717) is 26.1 Å². The van der Waals surface area contributed by atoms with Crippen LogP contribution in [0.1, 0.15) is 34.5 Å². The highest BCUT2D eigenvalue weighted by atomic mass is 19.4. The largest absolute Gasteiger partial charge is 0.435 e. The summed E-state index contributed by atoms with van der Waals surface area (Å²) in [4.78, 5) is 12.4. The molecule has 0 spiro atoms. The number of carbonyl (C=O) groups excluding carboxylic acids is 1. The van der Waals surface area contributed by atoms with E-state index in [4.69, 9.17) is 4.74 Å². The van der Waals surface area contributed by atoms with Crippen molar-refractivity contribution in [3.05, 3.63) is 53.1 Å². The van der Waals surface area contributed by atoms with Crippen LogP contribution in [0.3, 0.4) is 0 Å². The summed E-state index contributed by atoms with van der Waals surface area (Å²) in [6.07, 6.45) is -2.54. The van der Waals surface area contributed by atoms with Gasteiger partial charge in [-0.25, -0.2) is 4.39 Å². The number of nitrogens with zero attached hydrogens (tertiary/aromatic N) is 2. The fraction of sp³-hybridized carbons (Fsp3) is 0.444. The fourth-order valence-corrected chi connectivity index (χ4v) is 3.34. The lowest BCUT2D eigenvalue weighted by Gasteiger charge is -2.38. The zero-order chi connectivity index (χ0) is 19.7. The Balaban J connectivity index is 1.82. The smallest absolute Gasteiger partial charge is 0.381 e. The van der Waals surface area contributed by atoms with E-state index in [0.717, 1.165) is 16.4 Å². The predicted molar refractivity (Wildman–Crippen MR) is 88.7 cm³/mol. The third kappa shape index (κ3) is 4.13. The lowest BCUT2D eigenvalue weighted by atomic mass is 9.74. The Kier molecular flexibility index (Phi) is 5.23. The molecule has 0 saturated carbocycles. The monoisotopic (exact) mass is 385 g/mol. The van der Waals surface area contributed by atoms with E-state index in [1.165, 1.54) is 19.2 Å². The van der Waals surface area contributed by atoms with Gasteiger partial charge in [0.15, 0.2) is 5.69 Å². The quantitative estimate of drug-likeness (QED) is 0.823. The van der Waals surface area contributed by atoms with E-state index in [1.54, 1.807) is 12.1 Å². The number of benzene rings is 1. The average Bonchev–Trinajstić information content (AvgIpc) is 3.03. The van der Waals surface area contributed by atoms with E-state index in [9.17, 15) is 22.4 Å². The van der Waals surface area contributed by atoms with Crippen molar-refractivity contribution in [3.8, 4) is 0 Å². The van der Waals surface area contributed by atoms with Crippen molar-refractivity contribution < 1.29 is 27.1 Å². The maximum atomic E-state index is 13.3. The van der Waals surface area contributed by atoms with Gasteiger partial charge in [0.25, 0.3) is 5.91 Å². The zero-order valence-corrected chi connectivity index (χ0v) is 14.6. The average molecular weight is 385 g/mol. The number of aryl methyl sites for hydroxylation is 1. The molecule has 0 radical (unpaired) electrons. The number of alkyl halides is 3. The minimum absolute atomic E-state index is 0.118. The molecule has 1 saturated heterocycles. The Morgan fingerprint density at radius 3 is 2.48 bits per heavy atom. The van der Waals surface area contributed by atoms with Gasteiger partial charge in [0, 0.05) is 38.4 Å². The summed E-state index contributed by atoms with van der Waals surface area (Å²) in [6, 6.07) is 5.94. The number of hydrogen-bond acceptors (Lipinski definition) is 3. The van der Waals surface area contributed by atoms with E-state index in [-0.39, 0.29) is 12.4 Å². The van der Waals surface area contributed by atoms with Gasteiger partial charge in [-0.1, -0.05) is 12.1 Å². The van der Waals surface area contributed by atoms with Crippen LogP contribution < -0.4 is 5.32 Å². The minimum Gasteiger partial charge on any atom is -0.381 e. The molecule has 146 valence electrons. The molecule has 0 bridgehead atoms. The molecule has 1 aliphatic rings. The molecule has 2 heterocycles. The highest BCUT2D eigenvalue weighted by Gasteiger charge is 2.40. The molecule has 2 aromatic rings. The second-order valence-electron chi connectivity index (χ2n) is 6.65. The summed E-state index contributed by atoms with van der Waals surface area (Å²) in [5.41, 5.74) is -1.45. The van der Waals surface area contributed by atoms with Gasteiger partial charge in [-0.3, -0.25) is 9.48 Å². The SMILES string of the molecule is Cn1cc(C(=O)NCC2(c3ccc(F)cc3)CCOCC2)c(C(F)(F)F)n1. The zero-order valence-electron chi connectivity index (χ0n) is 14.6. The van der Waals surface area contributed by atoms with Crippen LogP contribution in [-0.2, 0) is 23.4 Å². The van der Waals surface area contributed by atoms with E-state index in [2.05, 4.69) is 10.4 Å². The van der Waals surface area contributed by atoms with E-state index >= 15 is 0 Å². The van der Waals surface area contributed by atoms with Gasteiger partial charge in [-0.05, 0) is 30.5 Å². The lowest BCUT2D eigenvalue weighted by molar-refractivity contribution is -0.141. The molecule has 1 aromatic carbocycles. The molecule has 1 aromatic heterocycles. The molecule has 27 heavy (non-hydrogen) atoms. The third-order valence-electron chi connectivity index (χ3n) is 4.84. The van der Waals surface area contributed by atoms with Gasteiger partial charge in [0.1, 0.15) is 5.82 Å². The molecule has 9 heteroatoms. The van der Waals surface area contributed by atoms with Gasteiger partial charge < -0.3 is 10.1 Å². The van der Waals surface area contributed by atoms with Crippen molar-refractivity contribution in [3.63, 3.8) is 0 Å². The van der Waals surface area contributed by atoms with Crippen molar-refractivity contribution in [2.24, 2.45) is 7.05 Å². The third-order valence-corrected chi connectivity index (χ3v) is 4.84. The molecule has 0 unspecified atom stereocenters. The molecule has 0 atom stereocenters. The van der Waals surface area contributed by atoms with Crippen molar-refractivity contribution in [1.82, 2.24) is 15.1 Å². The summed E-state index contributed by atoms with van der Waals surface area (Å²) < 4.78 is 58.9. The van der Waals surface area contributed by atoms with Crippen molar-refractivity contribution >= 4 is 5.91 Å². The fourth-order valence-electron chi connectivity index (χ4n) is 3.34. The first kappa shape index (κ1) is 19.3. The van der Waals surface area contributed by atoms with Gasteiger partial charge in [0.2, 0.25) is 0 Å². The Morgan fingerprint density at radius 1 is 1.26 bits per heavy atom. The topological polar surface area (TPSA) is 56.2 Å². The molecule has 1 fully saturated rings. The number of nitrogens with one attached hydrogen (secondary N) is 1. The molecule has 0 aliphatic carbocycles. The van der Waals surface area contributed by atoms with Crippen LogP contribution in [0.4, 0.5) is 17.6 Å². The second-order valence-corrected chi connectivity index (χ2v) is 6.65. The summed E-state index contributed by atoms with van der Waals surface area (Å²) >= 11 is 0. The number of hydrogen-bond donors (Lipinski definition) is 1. The molecular formula is C18H19F4N3O2. The predicted octanol–water partition coefficient (Wildman–Crippen LogP) is 3.06. The number of carbonyl (C=O) groups is 1. The highest BCUT2D eigenvalue weighted by Crippen LogP contribution is 2.35. The van der Waals surface area contributed by atoms with Gasteiger partial charge in [-0.2, -0.15) is 18.3 Å². The molecular weight excluding hydrogens is 366 g/mol. The second kappa shape index (κ2) is 7.30. The normalized spacial score (nSPS) is 16.9. The summed E-state index contributed by atoms with van der Waals surface area (Å²) in [7, 11) is 1.32. The number of aromatic nitrogens is 2. The van der Waals surface area contributed by atoms with Crippen LogP contribution in [0, 0.1) is 5.82 Å². The summed E-state index contributed by atoms with van der Waals surface area (Å²) in [6.45, 7) is 1.02. The standard InChI is InChI=1S/C18H19F4N3O2/c1-25-10-14(15(24-25)18(20,21)22)16(26)23-11-17(6-8-27-9-7-17)12-2-4-13(19)5-3-12/h2-5,10H,6-9,11H2,1H3,(H,23,26). The molecule has 1 amide bonds. The minimum atomic E-state index is -4.72. The van der Waals surface area contributed by atoms with Crippen molar-refractivity contribution in [2.75, 3.05) is 19.8 Å². The van der Waals surface area contributed by atoms with Gasteiger partial charge in [-0.15, -0.1) is 0 Å². The Morgan fingerprint density at radius 2 is 1.89 bits per heavy atom. The number of rotatable bonds is 4.